The molecule has 0 saturated heterocycles. The molecule has 0 aromatic heterocycles. The van der Waals surface area contributed by atoms with Crippen molar-refractivity contribution in [1.82, 2.24) is 0 Å². The SMILES string of the molecule is CCC(C(=O)Nc1cc(Cl)ccc1C)N(c1ccc(C)cc1)S(C)(=O)=O. The first-order valence-corrected chi connectivity index (χ1v) is 10.5. The van der Waals surface area contributed by atoms with Gasteiger partial charge < -0.3 is 5.32 Å². The van der Waals surface area contributed by atoms with Crippen LogP contribution in [0.2, 0.25) is 5.02 Å². The molecular weight excluding hydrogens is 372 g/mol. The van der Waals surface area contributed by atoms with E-state index in [0.717, 1.165) is 17.4 Å². The quantitative estimate of drug-likeness (QED) is 0.800. The van der Waals surface area contributed by atoms with Gasteiger partial charge in [-0.3, -0.25) is 9.10 Å². The summed E-state index contributed by atoms with van der Waals surface area (Å²) in [6, 6.07) is 11.4. The number of hydrogen-bond acceptors (Lipinski definition) is 3. The number of carbonyl (C=O) groups is 1. The van der Waals surface area contributed by atoms with Crippen molar-refractivity contribution in [3.8, 4) is 0 Å². The number of nitrogens with one attached hydrogen (secondary N) is 1. The number of benzene rings is 2. The standard InChI is InChI=1S/C19H23ClN2O3S/c1-5-18(19(23)21-17-12-15(20)9-8-14(17)3)22(26(4,24)25)16-10-6-13(2)7-11-16/h6-12,18H,5H2,1-4H3,(H,21,23). The van der Waals surface area contributed by atoms with Crippen molar-refractivity contribution < 1.29 is 13.2 Å². The van der Waals surface area contributed by atoms with Gasteiger partial charge in [-0.15, -0.1) is 0 Å². The molecule has 1 unspecified atom stereocenters. The third-order valence-electron chi connectivity index (χ3n) is 4.08. The molecule has 2 aromatic rings. The highest BCUT2D eigenvalue weighted by Crippen LogP contribution is 2.25. The highest BCUT2D eigenvalue weighted by molar-refractivity contribution is 7.92. The third-order valence-corrected chi connectivity index (χ3v) is 5.49. The van der Waals surface area contributed by atoms with Gasteiger partial charge in [-0.2, -0.15) is 0 Å². The maximum Gasteiger partial charge on any atom is 0.248 e. The largest absolute Gasteiger partial charge is 0.324 e. The second-order valence-corrected chi connectivity index (χ2v) is 8.56. The van der Waals surface area contributed by atoms with E-state index in [2.05, 4.69) is 5.32 Å². The zero-order chi connectivity index (χ0) is 19.5. The van der Waals surface area contributed by atoms with E-state index in [-0.39, 0.29) is 0 Å². The molecule has 0 aliphatic heterocycles. The lowest BCUT2D eigenvalue weighted by molar-refractivity contribution is -0.117. The summed E-state index contributed by atoms with van der Waals surface area (Å²) >= 11 is 6.00. The predicted molar refractivity (Wildman–Crippen MR) is 107 cm³/mol. The van der Waals surface area contributed by atoms with Crippen LogP contribution in [0.5, 0.6) is 0 Å². The molecule has 2 rings (SSSR count). The highest BCUT2D eigenvalue weighted by Gasteiger charge is 2.31. The van der Waals surface area contributed by atoms with Crippen molar-refractivity contribution in [2.24, 2.45) is 0 Å². The number of amides is 1. The first kappa shape index (κ1) is 20.3. The van der Waals surface area contributed by atoms with Crippen LogP contribution in [0.3, 0.4) is 0 Å². The van der Waals surface area contributed by atoms with Crippen molar-refractivity contribution in [3.63, 3.8) is 0 Å². The van der Waals surface area contributed by atoms with Crippen molar-refractivity contribution in [2.45, 2.75) is 33.2 Å². The van der Waals surface area contributed by atoms with Gasteiger partial charge in [0.25, 0.3) is 0 Å². The first-order valence-electron chi connectivity index (χ1n) is 8.26. The molecule has 1 amide bonds. The summed E-state index contributed by atoms with van der Waals surface area (Å²) in [6.07, 6.45) is 1.43. The molecular formula is C19H23ClN2O3S. The minimum absolute atomic E-state index is 0.326. The van der Waals surface area contributed by atoms with Crippen LogP contribution in [0, 0.1) is 13.8 Å². The monoisotopic (exact) mass is 394 g/mol. The summed E-state index contributed by atoms with van der Waals surface area (Å²) < 4.78 is 26.0. The first-order chi connectivity index (χ1) is 12.1. The number of aryl methyl sites for hydroxylation is 2. The van der Waals surface area contributed by atoms with Gasteiger partial charge in [0, 0.05) is 10.7 Å². The molecule has 2 aromatic carbocycles. The molecule has 5 nitrogen and oxygen atoms in total. The van der Waals surface area contributed by atoms with Gasteiger partial charge in [0.05, 0.1) is 11.9 Å². The molecule has 0 radical (unpaired) electrons. The molecule has 0 aliphatic rings. The third kappa shape index (κ3) is 4.77. The molecule has 1 N–H and O–H groups in total. The van der Waals surface area contributed by atoms with Crippen molar-refractivity contribution in [2.75, 3.05) is 15.9 Å². The Morgan fingerprint density at radius 3 is 2.31 bits per heavy atom. The minimum atomic E-state index is -3.65. The minimum Gasteiger partial charge on any atom is -0.324 e. The Morgan fingerprint density at radius 2 is 1.77 bits per heavy atom. The molecule has 0 saturated carbocycles. The van der Waals surface area contributed by atoms with E-state index in [1.165, 1.54) is 4.31 Å². The summed E-state index contributed by atoms with van der Waals surface area (Å²) in [5, 5.41) is 3.30. The maximum absolute atomic E-state index is 12.9. The maximum atomic E-state index is 12.9. The molecule has 0 bridgehead atoms. The fourth-order valence-corrected chi connectivity index (χ4v) is 4.08. The van der Waals surface area contributed by atoms with Gasteiger partial charge in [0.1, 0.15) is 6.04 Å². The van der Waals surface area contributed by atoms with Gasteiger partial charge in [-0.1, -0.05) is 42.3 Å². The molecule has 0 fully saturated rings. The fourth-order valence-electron chi connectivity index (χ4n) is 2.70. The van der Waals surface area contributed by atoms with Gasteiger partial charge in [-0.05, 0) is 50.1 Å². The molecule has 26 heavy (non-hydrogen) atoms. The van der Waals surface area contributed by atoms with E-state index >= 15 is 0 Å². The Morgan fingerprint density at radius 1 is 1.15 bits per heavy atom. The summed E-state index contributed by atoms with van der Waals surface area (Å²) in [4.78, 5) is 12.9. The van der Waals surface area contributed by atoms with E-state index in [0.29, 0.717) is 22.8 Å². The Balaban J connectivity index is 2.39. The van der Waals surface area contributed by atoms with Crippen LogP contribution in [-0.4, -0.2) is 26.6 Å². The lowest BCUT2D eigenvalue weighted by atomic mass is 10.1. The Labute approximate surface area is 160 Å². The van der Waals surface area contributed by atoms with Crippen LogP contribution in [0.1, 0.15) is 24.5 Å². The van der Waals surface area contributed by atoms with Crippen molar-refractivity contribution in [1.29, 1.82) is 0 Å². The van der Waals surface area contributed by atoms with E-state index in [4.69, 9.17) is 11.6 Å². The Bertz CT molecular complexity index is 896. The zero-order valence-corrected chi connectivity index (χ0v) is 16.9. The number of sulfonamides is 1. The summed E-state index contributed by atoms with van der Waals surface area (Å²) in [5.41, 5.74) is 2.88. The summed E-state index contributed by atoms with van der Waals surface area (Å²) in [6.45, 7) is 5.54. The molecule has 7 heteroatoms. The second-order valence-electron chi connectivity index (χ2n) is 6.27. The van der Waals surface area contributed by atoms with Crippen LogP contribution in [0.25, 0.3) is 0 Å². The number of carbonyl (C=O) groups excluding carboxylic acids is 1. The van der Waals surface area contributed by atoms with E-state index in [1.54, 1.807) is 37.3 Å². The second kappa shape index (κ2) is 8.10. The average molecular weight is 395 g/mol. The van der Waals surface area contributed by atoms with Gasteiger partial charge >= 0.3 is 0 Å². The number of rotatable bonds is 6. The van der Waals surface area contributed by atoms with E-state index < -0.39 is 22.0 Å². The number of halogens is 1. The number of hydrogen-bond donors (Lipinski definition) is 1. The molecule has 140 valence electrons. The number of anilines is 2. The zero-order valence-electron chi connectivity index (χ0n) is 15.3. The van der Waals surface area contributed by atoms with Crippen LogP contribution in [0.15, 0.2) is 42.5 Å². The Kier molecular flexibility index (Phi) is 6.31. The molecule has 0 heterocycles. The topological polar surface area (TPSA) is 66.5 Å². The van der Waals surface area contributed by atoms with Crippen LogP contribution < -0.4 is 9.62 Å². The predicted octanol–water partition coefficient (Wildman–Crippen LogP) is 4.14. The van der Waals surface area contributed by atoms with E-state index in [1.807, 2.05) is 26.0 Å². The molecule has 1 atom stereocenters. The normalized spacial score (nSPS) is 12.5. The number of nitrogens with zero attached hydrogens (tertiary/aromatic N) is 1. The highest BCUT2D eigenvalue weighted by atomic mass is 35.5. The smallest absolute Gasteiger partial charge is 0.248 e. The lowest BCUT2D eigenvalue weighted by Gasteiger charge is -2.30. The van der Waals surface area contributed by atoms with Gasteiger partial charge in [-0.25, -0.2) is 8.42 Å². The van der Waals surface area contributed by atoms with Crippen LogP contribution >= 0.6 is 11.6 Å². The summed E-state index contributed by atoms with van der Waals surface area (Å²) in [7, 11) is -3.65. The molecule has 0 aliphatic carbocycles. The Hall–Kier alpha value is -2.05. The average Bonchev–Trinajstić information content (AvgIpc) is 2.56. The van der Waals surface area contributed by atoms with Crippen LogP contribution in [-0.2, 0) is 14.8 Å². The van der Waals surface area contributed by atoms with Crippen molar-refractivity contribution >= 4 is 38.9 Å². The summed E-state index contributed by atoms with van der Waals surface area (Å²) in [5.74, 6) is -0.399. The fraction of sp³-hybridized carbons (Fsp3) is 0.316. The van der Waals surface area contributed by atoms with Gasteiger partial charge in [0.15, 0.2) is 0 Å². The lowest BCUT2D eigenvalue weighted by Crippen LogP contribution is -2.47. The van der Waals surface area contributed by atoms with Crippen molar-refractivity contribution in [3.05, 3.63) is 58.6 Å². The van der Waals surface area contributed by atoms with Crippen LogP contribution in [0.4, 0.5) is 11.4 Å². The van der Waals surface area contributed by atoms with E-state index in [9.17, 15) is 13.2 Å². The van der Waals surface area contributed by atoms with Gasteiger partial charge in [0.2, 0.25) is 15.9 Å². The molecule has 0 spiro atoms.